The highest BCUT2D eigenvalue weighted by Crippen LogP contribution is 2.24. The predicted octanol–water partition coefficient (Wildman–Crippen LogP) is 4.80. The monoisotopic (exact) mass is 484 g/mol. The second-order valence-electron chi connectivity index (χ2n) is 9.51. The van der Waals surface area contributed by atoms with E-state index in [0.29, 0.717) is 19.7 Å². The Hall–Kier alpha value is -3.84. The SMILES string of the molecule is C[C@@H](COC(=O)N1CCC(n2c(=O)[nH]c3ccccc32)C1)N(Cc1ccccc1)Cc1ccccc1. The zero-order valence-electron chi connectivity index (χ0n) is 20.5. The molecule has 1 fully saturated rings. The van der Waals surface area contributed by atoms with Crippen LogP contribution in [0.1, 0.15) is 30.5 Å². The van der Waals surface area contributed by atoms with Crippen LogP contribution < -0.4 is 5.69 Å². The lowest BCUT2D eigenvalue weighted by Crippen LogP contribution is -2.38. The van der Waals surface area contributed by atoms with Crippen molar-refractivity contribution in [1.29, 1.82) is 0 Å². The third-order valence-electron chi connectivity index (χ3n) is 6.94. The van der Waals surface area contributed by atoms with Gasteiger partial charge in [0.05, 0.1) is 17.1 Å². The summed E-state index contributed by atoms with van der Waals surface area (Å²) in [6.07, 6.45) is 0.400. The molecule has 0 radical (unpaired) electrons. The van der Waals surface area contributed by atoms with Crippen LogP contribution in [0.5, 0.6) is 0 Å². The number of carbonyl (C=O) groups is 1. The van der Waals surface area contributed by atoms with Crippen molar-refractivity contribution in [2.45, 2.75) is 38.5 Å². The zero-order chi connectivity index (χ0) is 24.9. The van der Waals surface area contributed by atoms with Crippen molar-refractivity contribution >= 4 is 17.1 Å². The Morgan fingerprint density at radius 2 is 1.58 bits per heavy atom. The summed E-state index contributed by atoms with van der Waals surface area (Å²) in [6.45, 7) is 4.96. The highest BCUT2D eigenvalue weighted by Gasteiger charge is 2.31. The fraction of sp³-hybridized carbons (Fsp3) is 0.310. The van der Waals surface area contributed by atoms with E-state index >= 15 is 0 Å². The summed E-state index contributed by atoms with van der Waals surface area (Å²) in [7, 11) is 0. The number of benzene rings is 3. The Balaban J connectivity index is 1.21. The Bertz CT molecular complexity index is 1310. The first-order valence-corrected chi connectivity index (χ1v) is 12.5. The number of hydrogen-bond acceptors (Lipinski definition) is 4. The van der Waals surface area contributed by atoms with Gasteiger partial charge >= 0.3 is 11.8 Å². The maximum absolute atomic E-state index is 12.9. The second-order valence-corrected chi connectivity index (χ2v) is 9.51. The van der Waals surface area contributed by atoms with E-state index in [2.05, 4.69) is 41.1 Å². The average molecular weight is 485 g/mol. The number of hydrogen-bond donors (Lipinski definition) is 1. The molecule has 1 amide bonds. The molecule has 7 nitrogen and oxygen atoms in total. The fourth-order valence-corrected chi connectivity index (χ4v) is 4.95. The highest BCUT2D eigenvalue weighted by molar-refractivity contribution is 5.75. The summed E-state index contributed by atoms with van der Waals surface area (Å²) in [6, 6.07) is 28.3. The van der Waals surface area contributed by atoms with Gasteiger partial charge in [0.1, 0.15) is 6.61 Å². The van der Waals surface area contributed by atoms with Crippen molar-refractivity contribution < 1.29 is 9.53 Å². The number of nitrogens with zero attached hydrogens (tertiary/aromatic N) is 3. The quantitative estimate of drug-likeness (QED) is 0.390. The number of imidazole rings is 1. The Morgan fingerprint density at radius 3 is 2.25 bits per heavy atom. The molecular weight excluding hydrogens is 452 g/mol. The Labute approximate surface area is 210 Å². The lowest BCUT2D eigenvalue weighted by Gasteiger charge is -2.29. The molecule has 3 aromatic carbocycles. The third kappa shape index (κ3) is 5.36. The van der Waals surface area contributed by atoms with E-state index in [1.807, 2.05) is 60.7 Å². The molecule has 0 bridgehead atoms. The maximum Gasteiger partial charge on any atom is 0.409 e. The number of aromatic amines is 1. The molecule has 2 heterocycles. The molecule has 36 heavy (non-hydrogen) atoms. The van der Waals surface area contributed by atoms with E-state index in [1.165, 1.54) is 11.1 Å². The number of aromatic nitrogens is 2. The number of para-hydroxylation sites is 2. The minimum Gasteiger partial charge on any atom is -0.448 e. The highest BCUT2D eigenvalue weighted by atomic mass is 16.6. The van der Waals surface area contributed by atoms with Crippen molar-refractivity contribution in [2.75, 3.05) is 19.7 Å². The molecule has 1 N–H and O–H groups in total. The number of amides is 1. The molecule has 0 aliphatic carbocycles. The number of rotatable bonds is 8. The van der Waals surface area contributed by atoms with Gasteiger partial charge in [-0.3, -0.25) is 9.47 Å². The van der Waals surface area contributed by atoms with Crippen LogP contribution in [0.25, 0.3) is 11.0 Å². The van der Waals surface area contributed by atoms with Gasteiger partial charge in [0, 0.05) is 32.2 Å². The van der Waals surface area contributed by atoms with Crippen LogP contribution in [-0.4, -0.2) is 51.2 Å². The lowest BCUT2D eigenvalue weighted by atomic mass is 10.1. The standard InChI is InChI=1S/C29H32N4O3/c1-22(32(18-23-10-4-2-5-11-23)19-24-12-6-3-7-13-24)21-36-29(35)31-17-16-25(20-31)33-27-15-9-8-14-26(27)30-28(33)34/h2-15,22,25H,16-21H2,1H3,(H,30,34)/t22-,25?/m0/s1. The van der Waals surface area contributed by atoms with Crippen LogP contribution in [0.15, 0.2) is 89.7 Å². The molecule has 1 aliphatic rings. The number of nitrogens with one attached hydrogen (secondary N) is 1. The molecule has 1 aliphatic heterocycles. The van der Waals surface area contributed by atoms with Crippen LogP contribution in [0.2, 0.25) is 0 Å². The molecule has 1 unspecified atom stereocenters. The molecule has 0 saturated carbocycles. The minimum atomic E-state index is -0.323. The average Bonchev–Trinajstić information content (AvgIpc) is 3.51. The van der Waals surface area contributed by atoms with Crippen LogP contribution >= 0.6 is 0 Å². The first-order chi connectivity index (χ1) is 17.6. The molecule has 4 aromatic rings. The number of H-pyrrole nitrogens is 1. The largest absolute Gasteiger partial charge is 0.448 e. The molecule has 186 valence electrons. The van der Waals surface area contributed by atoms with Gasteiger partial charge in [-0.25, -0.2) is 9.59 Å². The Kier molecular flexibility index (Phi) is 7.18. The predicted molar refractivity (Wildman–Crippen MR) is 141 cm³/mol. The molecule has 5 rings (SSSR count). The van der Waals surface area contributed by atoms with Gasteiger partial charge < -0.3 is 14.6 Å². The van der Waals surface area contributed by atoms with E-state index in [9.17, 15) is 9.59 Å². The summed E-state index contributed by atoms with van der Waals surface area (Å²) >= 11 is 0. The van der Waals surface area contributed by atoms with E-state index in [-0.39, 0.29) is 23.9 Å². The molecule has 0 spiro atoms. The van der Waals surface area contributed by atoms with Crippen LogP contribution in [0, 0.1) is 0 Å². The Morgan fingerprint density at radius 1 is 0.972 bits per heavy atom. The van der Waals surface area contributed by atoms with Gasteiger partial charge in [-0.2, -0.15) is 0 Å². The summed E-state index contributed by atoms with van der Waals surface area (Å²) in [5.74, 6) is 0. The summed E-state index contributed by atoms with van der Waals surface area (Å²) in [4.78, 5) is 32.5. The first-order valence-electron chi connectivity index (χ1n) is 12.5. The maximum atomic E-state index is 12.9. The first kappa shape index (κ1) is 23.9. The number of fused-ring (bicyclic) bond motifs is 1. The summed E-state index contributed by atoms with van der Waals surface area (Å²) < 4.78 is 7.55. The van der Waals surface area contributed by atoms with E-state index < -0.39 is 0 Å². The molecule has 1 aromatic heterocycles. The number of likely N-dealkylation sites (tertiary alicyclic amines) is 1. The van der Waals surface area contributed by atoms with Gasteiger partial charge in [-0.15, -0.1) is 0 Å². The zero-order valence-corrected chi connectivity index (χ0v) is 20.5. The molecule has 1 saturated heterocycles. The fourth-order valence-electron chi connectivity index (χ4n) is 4.95. The van der Waals surface area contributed by atoms with Crippen molar-refractivity contribution in [2.24, 2.45) is 0 Å². The van der Waals surface area contributed by atoms with E-state index in [4.69, 9.17) is 4.74 Å². The lowest BCUT2D eigenvalue weighted by molar-refractivity contribution is 0.0681. The van der Waals surface area contributed by atoms with Gasteiger partial charge in [-0.05, 0) is 36.6 Å². The van der Waals surface area contributed by atoms with E-state index in [0.717, 1.165) is 30.5 Å². The topological polar surface area (TPSA) is 70.6 Å². The summed E-state index contributed by atoms with van der Waals surface area (Å²) in [5.41, 5.74) is 3.99. The van der Waals surface area contributed by atoms with Crippen LogP contribution in [0.4, 0.5) is 4.79 Å². The van der Waals surface area contributed by atoms with Crippen LogP contribution in [0.3, 0.4) is 0 Å². The summed E-state index contributed by atoms with van der Waals surface area (Å²) in [5, 5.41) is 0. The molecule has 7 heteroatoms. The normalized spacial score (nSPS) is 16.5. The van der Waals surface area contributed by atoms with Crippen molar-refractivity contribution in [3.63, 3.8) is 0 Å². The number of carbonyl (C=O) groups excluding carboxylic acids is 1. The number of ether oxygens (including phenoxy) is 1. The van der Waals surface area contributed by atoms with Gasteiger partial charge in [0.15, 0.2) is 0 Å². The van der Waals surface area contributed by atoms with Crippen LogP contribution in [-0.2, 0) is 17.8 Å². The third-order valence-corrected chi connectivity index (χ3v) is 6.94. The van der Waals surface area contributed by atoms with Crippen molar-refractivity contribution in [3.8, 4) is 0 Å². The van der Waals surface area contributed by atoms with Crippen molar-refractivity contribution in [3.05, 3.63) is 107 Å². The molecule has 2 atom stereocenters. The smallest absolute Gasteiger partial charge is 0.409 e. The second kappa shape index (κ2) is 10.8. The van der Waals surface area contributed by atoms with Crippen molar-refractivity contribution in [1.82, 2.24) is 19.4 Å². The minimum absolute atomic E-state index is 0.0315. The van der Waals surface area contributed by atoms with Gasteiger partial charge in [-0.1, -0.05) is 72.8 Å². The van der Waals surface area contributed by atoms with E-state index in [1.54, 1.807) is 9.47 Å². The molecular formula is C29H32N4O3. The van der Waals surface area contributed by atoms with Gasteiger partial charge in [0.2, 0.25) is 0 Å². The van der Waals surface area contributed by atoms with Gasteiger partial charge in [0.25, 0.3) is 0 Å².